The molecule has 0 saturated carbocycles. The number of nitrogens with one attached hydrogen (secondary N) is 1. The van der Waals surface area contributed by atoms with E-state index in [2.05, 4.69) is 10.3 Å². The van der Waals surface area contributed by atoms with E-state index >= 15 is 0 Å². The first kappa shape index (κ1) is 20.4. The predicted octanol–water partition coefficient (Wildman–Crippen LogP) is 3.13. The van der Waals surface area contributed by atoms with Gasteiger partial charge in [-0.05, 0) is 49.2 Å². The fourth-order valence-corrected chi connectivity index (χ4v) is 3.69. The Morgan fingerprint density at radius 1 is 1.10 bits per heavy atom. The number of para-hydroxylation sites is 1. The number of carbonyl (C=O) groups excluding carboxylic acids is 1. The quantitative estimate of drug-likeness (QED) is 0.524. The number of nitrogens with zero attached hydrogens (tertiary/aromatic N) is 3. The maximum absolute atomic E-state index is 13.2. The third kappa shape index (κ3) is 3.94. The van der Waals surface area contributed by atoms with Crippen molar-refractivity contribution in [3.63, 3.8) is 0 Å². The fraction of sp³-hybridized carbons (Fsp3) is 0.208. The molecule has 0 spiro atoms. The number of amides is 1. The lowest BCUT2D eigenvalue weighted by Crippen LogP contribution is -2.32. The predicted molar refractivity (Wildman–Crippen MR) is 120 cm³/mol. The van der Waals surface area contributed by atoms with Crippen molar-refractivity contribution < 1.29 is 9.53 Å². The van der Waals surface area contributed by atoms with Gasteiger partial charge in [0.05, 0.1) is 12.5 Å². The highest BCUT2D eigenvalue weighted by atomic mass is 16.5. The molecule has 4 rings (SSSR count). The van der Waals surface area contributed by atoms with Crippen molar-refractivity contribution in [2.75, 3.05) is 7.11 Å². The highest BCUT2D eigenvalue weighted by Gasteiger charge is 2.18. The number of benzene rings is 2. The van der Waals surface area contributed by atoms with Gasteiger partial charge in [-0.25, -0.2) is 4.98 Å². The van der Waals surface area contributed by atoms with E-state index in [9.17, 15) is 9.59 Å². The van der Waals surface area contributed by atoms with Gasteiger partial charge >= 0.3 is 0 Å². The van der Waals surface area contributed by atoms with E-state index in [-0.39, 0.29) is 18.0 Å². The molecule has 2 aromatic heterocycles. The molecule has 2 aromatic carbocycles. The van der Waals surface area contributed by atoms with Crippen LogP contribution in [0.15, 0.2) is 65.7 Å². The molecule has 0 aliphatic heterocycles. The van der Waals surface area contributed by atoms with Crippen molar-refractivity contribution in [3.8, 4) is 11.4 Å². The number of rotatable bonds is 6. The van der Waals surface area contributed by atoms with Crippen LogP contribution in [-0.4, -0.2) is 27.1 Å². The van der Waals surface area contributed by atoms with Crippen molar-refractivity contribution in [3.05, 3.63) is 88.1 Å². The monoisotopic (exact) mass is 416 g/mol. The fourth-order valence-electron chi connectivity index (χ4n) is 3.69. The summed E-state index contributed by atoms with van der Waals surface area (Å²) in [6.45, 7) is 4.13. The summed E-state index contributed by atoms with van der Waals surface area (Å²) in [6.07, 6.45) is 1.44. The molecule has 7 nitrogen and oxygen atoms in total. The van der Waals surface area contributed by atoms with Crippen LogP contribution in [-0.2, 0) is 17.9 Å². The minimum Gasteiger partial charge on any atom is -0.497 e. The highest BCUT2D eigenvalue weighted by Crippen LogP contribution is 2.24. The summed E-state index contributed by atoms with van der Waals surface area (Å²) in [7, 11) is 1.60. The number of fused-ring (bicyclic) bond motifs is 1. The van der Waals surface area contributed by atoms with E-state index in [1.54, 1.807) is 7.11 Å². The minimum absolute atomic E-state index is 0.0965. The van der Waals surface area contributed by atoms with Crippen LogP contribution in [0.1, 0.15) is 16.8 Å². The lowest BCUT2D eigenvalue weighted by molar-refractivity contribution is -0.121. The molecule has 0 bridgehead atoms. The molecular formula is C24H24N4O3. The number of hydrogen-bond acceptors (Lipinski definition) is 4. The molecule has 1 amide bonds. The van der Waals surface area contributed by atoms with Crippen molar-refractivity contribution in [2.45, 2.75) is 26.9 Å². The summed E-state index contributed by atoms with van der Waals surface area (Å²) < 4.78 is 8.52. The van der Waals surface area contributed by atoms with Gasteiger partial charge in [0.25, 0.3) is 5.56 Å². The standard InChI is InChI=1S/C24H24N4O3/c1-16-17(2)28(19-9-5-4-6-10-19)23-22(16)24(30)27(15-26-23)14-21(29)25-13-18-8-7-11-20(12-18)31-3/h4-12,15H,13-14H2,1-3H3,(H,25,29). The van der Waals surface area contributed by atoms with Gasteiger partial charge in [-0.3, -0.25) is 18.7 Å². The van der Waals surface area contributed by atoms with Crippen LogP contribution in [0, 0.1) is 13.8 Å². The smallest absolute Gasteiger partial charge is 0.263 e. The first-order chi connectivity index (χ1) is 15.0. The van der Waals surface area contributed by atoms with Crippen LogP contribution in [0.3, 0.4) is 0 Å². The first-order valence-corrected chi connectivity index (χ1v) is 10.0. The number of ether oxygens (including phenoxy) is 1. The molecule has 1 N–H and O–H groups in total. The number of aryl methyl sites for hydroxylation is 1. The maximum atomic E-state index is 13.2. The van der Waals surface area contributed by atoms with Crippen molar-refractivity contribution in [1.82, 2.24) is 19.4 Å². The number of aromatic nitrogens is 3. The van der Waals surface area contributed by atoms with Gasteiger partial charge in [0, 0.05) is 17.9 Å². The maximum Gasteiger partial charge on any atom is 0.263 e. The molecule has 0 atom stereocenters. The zero-order valence-corrected chi connectivity index (χ0v) is 17.8. The average molecular weight is 416 g/mol. The van der Waals surface area contributed by atoms with Crippen LogP contribution in [0.5, 0.6) is 5.75 Å². The van der Waals surface area contributed by atoms with Gasteiger partial charge in [0.15, 0.2) is 5.65 Å². The van der Waals surface area contributed by atoms with Gasteiger partial charge in [-0.1, -0.05) is 30.3 Å². The van der Waals surface area contributed by atoms with Gasteiger partial charge in [0.1, 0.15) is 18.6 Å². The molecule has 4 aromatic rings. The normalized spacial score (nSPS) is 10.9. The SMILES string of the molecule is COc1cccc(CNC(=O)Cn2cnc3c(c(C)c(C)n3-c3ccccc3)c2=O)c1. The van der Waals surface area contributed by atoms with Gasteiger partial charge in [0.2, 0.25) is 5.91 Å². The Labute approximate surface area is 179 Å². The second-order valence-corrected chi connectivity index (χ2v) is 7.39. The van der Waals surface area contributed by atoms with Crippen LogP contribution in [0.4, 0.5) is 0 Å². The zero-order valence-electron chi connectivity index (χ0n) is 17.8. The average Bonchev–Trinajstić information content (AvgIpc) is 3.05. The largest absolute Gasteiger partial charge is 0.497 e. The molecule has 158 valence electrons. The van der Waals surface area contributed by atoms with Gasteiger partial charge in [-0.15, -0.1) is 0 Å². The topological polar surface area (TPSA) is 78.2 Å². The molecule has 0 aliphatic rings. The summed E-state index contributed by atoms with van der Waals surface area (Å²) in [6, 6.07) is 17.3. The Morgan fingerprint density at radius 2 is 1.87 bits per heavy atom. The van der Waals surface area contributed by atoms with Crippen LogP contribution in [0.2, 0.25) is 0 Å². The van der Waals surface area contributed by atoms with Crippen molar-refractivity contribution >= 4 is 16.9 Å². The minimum atomic E-state index is -0.261. The second kappa shape index (κ2) is 8.47. The van der Waals surface area contributed by atoms with E-state index in [1.807, 2.05) is 73.0 Å². The van der Waals surface area contributed by atoms with E-state index in [0.29, 0.717) is 17.6 Å². The van der Waals surface area contributed by atoms with Crippen molar-refractivity contribution in [2.24, 2.45) is 0 Å². The molecule has 31 heavy (non-hydrogen) atoms. The van der Waals surface area contributed by atoms with Crippen LogP contribution >= 0.6 is 0 Å². The highest BCUT2D eigenvalue weighted by molar-refractivity contribution is 5.83. The van der Waals surface area contributed by atoms with E-state index in [0.717, 1.165) is 28.3 Å². The van der Waals surface area contributed by atoms with Gasteiger partial charge < -0.3 is 10.1 Å². The van der Waals surface area contributed by atoms with Crippen LogP contribution < -0.4 is 15.6 Å². The Morgan fingerprint density at radius 3 is 2.61 bits per heavy atom. The molecule has 0 unspecified atom stereocenters. The number of hydrogen-bond donors (Lipinski definition) is 1. The van der Waals surface area contributed by atoms with Gasteiger partial charge in [-0.2, -0.15) is 0 Å². The lowest BCUT2D eigenvalue weighted by Gasteiger charge is -2.09. The molecule has 0 radical (unpaired) electrons. The number of carbonyl (C=O) groups is 1. The second-order valence-electron chi connectivity index (χ2n) is 7.39. The Kier molecular flexibility index (Phi) is 5.58. The summed E-state index contributed by atoms with van der Waals surface area (Å²) in [5.41, 5.74) is 4.04. The lowest BCUT2D eigenvalue weighted by atomic mass is 10.2. The van der Waals surface area contributed by atoms with E-state index < -0.39 is 0 Å². The number of methoxy groups -OCH3 is 1. The summed E-state index contributed by atoms with van der Waals surface area (Å²) in [5, 5.41) is 3.38. The summed E-state index contributed by atoms with van der Waals surface area (Å²) in [4.78, 5) is 30.1. The Bertz CT molecular complexity index is 1310. The molecule has 0 aliphatic carbocycles. The van der Waals surface area contributed by atoms with E-state index in [4.69, 9.17) is 4.74 Å². The molecular weight excluding hydrogens is 392 g/mol. The molecule has 0 fully saturated rings. The molecule has 0 saturated heterocycles. The van der Waals surface area contributed by atoms with E-state index in [1.165, 1.54) is 10.9 Å². The third-order valence-corrected chi connectivity index (χ3v) is 5.43. The van der Waals surface area contributed by atoms with Crippen LogP contribution in [0.25, 0.3) is 16.7 Å². The third-order valence-electron chi connectivity index (χ3n) is 5.43. The molecule has 2 heterocycles. The summed E-state index contributed by atoms with van der Waals surface area (Å²) in [5.74, 6) is 0.467. The molecule has 7 heteroatoms. The Balaban J connectivity index is 1.59. The zero-order chi connectivity index (χ0) is 22.0. The Hall–Kier alpha value is -3.87. The first-order valence-electron chi connectivity index (χ1n) is 10.0. The summed E-state index contributed by atoms with van der Waals surface area (Å²) >= 11 is 0. The van der Waals surface area contributed by atoms with Crippen molar-refractivity contribution in [1.29, 1.82) is 0 Å².